The molecule has 5 nitrogen and oxygen atoms in total. The first kappa shape index (κ1) is 17.9. The molecule has 0 radical (unpaired) electrons. The van der Waals surface area contributed by atoms with Gasteiger partial charge in [0.1, 0.15) is 0 Å². The standard InChI is InChI=1S/C20H29ClN4O/c21-16-4-6-17(7-5-16)25-11-8-15(14-25)13-22-20(26)23-18-9-12-24-10-2-1-3-19(18)24/h4-7,15,18-19H,1-3,8-14H2,(H2,22,23,26). The third-order valence-electron chi connectivity index (χ3n) is 6.20. The van der Waals surface area contributed by atoms with Gasteiger partial charge in [0, 0.05) is 49.0 Å². The van der Waals surface area contributed by atoms with Crippen molar-refractivity contribution in [1.82, 2.24) is 15.5 Å². The molecule has 1 aromatic rings. The van der Waals surface area contributed by atoms with Gasteiger partial charge in [0.15, 0.2) is 0 Å². The van der Waals surface area contributed by atoms with Crippen molar-refractivity contribution < 1.29 is 4.79 Å². The maximum Gasteiger partial charge on any atom is 0.315 e. The topological polar surface area (TPSA) is 47.6 Å². The molecule has 3 unspecified atom stereocenters. The fraction of sp³-hybridized carbons (Fsp3) is 0.650. The van der Waals surface area contributed by atoms with Gasteiger partial charge in [-0.3, -0.25) is 4.90 Å². The second kappa shape index (κ2) is 8.05. The molecule has 3 heterocycles. The summed E-state index contributed by atoms with van der Waals surface area (Å²) in [5.74, 6) is 0.506. The lowest BCUT2D eigenvalue weighted by molar-refractivity contribution is 0.178. The minimum atomic E-state index is 0.00682. The summed E-state index contributed by atoms with van der Waals surface area (Å²) < 4.78 is 0. The Morgan fingerprint density at radius 1 is 1.08 bits per heavy atom. The molecule has 3 fully saturated rings. The van der Waals surface area contributed by atoms with Crippen molar-refractivity contribution in [2.24, 2.45) is 5.92 Å². The van der Waals surface area contributed by atoms with Gasteiger partial charge in [0.25, 0.3) is 0 Å². The van der Waals surface area contributed by atoms with E-state index in [4.69, 9.17) is 11.6 Å². The first-order chi connectivity index (χ1) is 12.7. The van der Waals surface area contributed by atoms with Crippen molar-refractivity contribution in [2.45, 2.75) is 44.2 Å². The molecular formula is C20H29ClN4O. The van der Waals surface area contributed by atoms with Gasteiger partial charge in [-0.25, -0.2) is 4.79 Å². The smallest absolute Gasteiger partial charge is 0.315 e. The van der Waals surface area contributed by atoms with E-state index in [0.717, 1.165) is 44.0 Å². The monoisotopic (exact) mass is 376 g/mol. The average molecular weight is 377 g/mol. The molecule has 0 spiro atoms. The number of hydrogen-bond acceptors (Lipinski definition) is 3. The van der Waals surface area contributed by atoms with E-state index in [0.29, 0.717) is 18.0 Å². The molecule has 6 heteroatoms. The number of anilines is 1. The molecule has 0 aliphatic carbocycles. The van der Waals surface area contributed by atoms with Gasteiger partial charge in [-0.1, -0.05) is 18.0 Å². The van der Waals surface area contributed by atoms with Crippen LogP contribution in [0.5, 0.6) is 0 Å². The minimum Gasteiger partial charge on any atom is -0.371 e. The number of amides is 2. The Morgan fingerprint density at radius 2 is 1.92 bits per heavy atom. The fourth-order valence-corrected chi connectivity index (χ4v) is 4.88. The molecule has 2 N–H and O–H groups in total. The predicted octanol–water partition coefficient (Wildman–Crippen LogP) is 3.09. The second-order valence-corrected chi connectivity index (χ2v) is 8.36. The lowest BCUT2D eigenvalue weighted by Crippen LogP contribution is -2.50. The maximum absolute atomic E-state index is 12.4. The lowest BCUT2D eigenvalue weighted by atomic mass is 9.99. The van der Waals surface area contributed by atoms with Crippen molar-refractivity contribution in [2.75, 3.05) is 37.6 Å². The summed E-state index contributed by atoms with van der Waals surface area (Å²) in [7, 11) is 0. The Kier molecular flexibility index (Phi) is 5.55. The van der Waals surface area contributed by atoms with Crippen LogP contribution in [0.3, 0.4) is 0 Å². The van der Waals surface area contributed by atoms with Crippen molar-refractivity contribution in [1.29, 1.82) is 0 Å². The summed E-state index contributed by atoms with van der Waals surface area (Å²) in [6, 6.07) is 8.90. The number of carbonyl (C=O) groups is 1. The summed E-state index contributed by atoms with van der Waals surface area (Å²) in [5, 5.41) is 7.11. The summed E-state index contributed by atoms with van der Waals surface area (Å²) >= 11 is 5.97. The van der Waals surface area contributed by atoms with Crippen molar-refractivity contribution in [3.8, 4) is 0 Å². The fourth-order valence-electron chi connectivity index (χ4n) is 4.76. The summed E-state index contributed by atoms with van der Waals surface area (Å²) in [5.41, 5.74) is 1.21. The van der Waals surface area contributed by atoms with Gasteiger partial charge in [-0.15, -0.1) is 0 Å². The molecule has 142 valence electrons. The molecule has 0 bridgehead atoms. The summed E-state index contributed by atoms with van der Waals surface area (Å²) in [6.07, 6.45) is 6.03. The number of piperidine rings is 1. The number of nitrogens with zero attached hydrogens (tertiary/aromatic N) is 2. The van der Waals surface area contributed by atoms with Crippen molar-refractivity contribution in [3.05, 3.63) is 29.3 Å². The lowest BCUT2D eigenvalue weighted by Gasteiger charge is -2.32. The Balaban J connectivity index is 1.21. The number of rotatable bonds is 4. The summed E-state index contributed by atoms with van der Waals surface area (Å²) in [6.45, 7) is 5.11. The highest BCUT2D eigenvalue weighted by Gasteiger charge is 2.36. The molecular weight excluding hydrogens is 348 g/mol. The summed E-state index contributed by atoms with van der Waals surface area (Å²) in [4.78, 5) is 17.3. The first-order valence-electron chi connectivity index (χ1n) is 9.98. The Labute approximate surface area is 161 Å². The first-order valence-corrected chi connectivity index (χ1v) is 10.4. The van der Waals surface area contributed by atoms with E-state index in [1.165, 1.54) is 31.5 Å². The largest absolute Gasteiger partial charge is 0.371 e. The van der Waals surface area contributed by atoms with E-state index in [1.807, 2.05) is 12.1 Å². The van der Waals surface area contributed by atoms with Crippen LogP contribution >= 0.6 is 11.6 Å². The molecule has 3 atom stereocenters. The highest BCUT2D eigenvalue weighted by atomic mass is 35.5. The van der Waals surface area contributed by atoms with E-state index >= 15 is 0 Å². The van der Waals surface area contributed by atoms with Crippen LogP contribution in [0.2, 0.25) is 5.02 Å². The number of urea groups is 1. The Bertz CT molecular complexity index is 623. The zero-order chi connectivity index (χ0) is 17.9. The Morgan fingerprint density at radius 3 is 2.77 bits per heavy atom. The van der Waals surface area contributed by atoms with E-state index in [2.05, 4.69) is 32.6 Å². The number of fused-ring (bicyclic) bond motifs is 1. The molecule has 2 amide bonds. The third-order valence-corrected chi connectivity index (χ3v) is 6.45. The quantitative estimate of drug-likeness (QED) is 0.848. The van der Waals surface area contributed by atoms with Crippen LogP contribution in [-0.4, -0.2) is 55.7 Å². The molecule has 4 rings (SSSR count). The molecule has 3 saturated heterocycles. The van der Waals surface area contributed by atoms with E-state index < -0.39 is 0 Å². The van der Waals surface area contributed by atoms with E-state index in [9.17, 15) is 4.79 Å². The van der Waals surface area contributed by atoms with Crippen molar-refractivity contribution >= 4 is 23.3 Å². The highest BCUT2D eigenvalue weighted by molar-refractivity contribution is 6.30. The van der Waals surface area contributed by atoms with E-state index in [-0.39, 0.29) is 6.03 Å². The molecule has 3 aliphatic rings. The highest BCUT2D eigenvalue weighted by Crippen LogP contribution is 2.27. The van der Waals surface area contributed by atoms with Gasteiger partial charge >= 0.3 is 6.03 Å². The van der Waals surface area contributed by atoms with Crippen molar-refractivity contribution in [3.63, 3.8) is 0 Å². The predicted molar refractivity (Wildman–Crippen MR) is 106 cm³/mol. The van der Waals surface area contributed by atoms with Crippen LogP contribution in [0.15, 0.2) is 24.3 Å². The van der Waals surface area contributed by atoms with E-state index in [1.54, 1.807) is 0 Å². The number of carbonyl (C=O) groups excluding carboxylic acids is 1. The molecule has 26 heavy (non-hydrogen) atoms. The maximum atomic E-state index is 12.4. The zero-order valence-corrected chi connectivity index (χ0v) is 16.0. The number of halogens is 1. The zero-order valence-electron chi connectivity index (χ0n) is 15.3. The van der Waals surface area contributed by atoms with Gasteiger partial charge in [-0.05, 0) is 62.4 Å². The molecule has 3 aliphatic heterocycles. The third kappa shape index (κ3) is 4.09. The average Bonchev–Trinajstić information content (AvgIpc) is 3.28. The molecule has 0 saturated carbocycles. The van der Waals surface area contributed by atoms with Crippen LogP contribution in [0.4, 0.5) is 10.5 Å². The van der Waals surface area contributed by atoms with Gasteiger partial charge in [0.2, 0.25) is 0 Å². The van der Waals surface area contributed by atoms with Crippen LogP contribution in [0.1, 0.15) is 32.1 Å². The minimum absolute atomic E-state index is 0.00682. The second-order valence-electron chi connectivity index (χ2n) is 7.93. The van der Waals surface area contributed by atoms with Crippen LogP contribution in [0, 0.1) is 5.92 Å². The van der Waals surface area contributed by atoms with Gasteiger partial charge in [0.05, 0.1) is 0 Å². The SMILES string of the molecule is O=C(NCC1CCN(c2ccc(Cl)cc2)C1)NC1CCN2CCCCC12. The molecule has 1 aromatic carbocycles. The number of hydrogen-bond donors (Lipinski definition) is 2. The molecule has 0 aromatic heterocycles. The van der Waals surface area contributed by atoms with Crippen LogP contribution in [-0.2, 0) is 0 Å². The number of benzene rings is 1. The number of nitrogens with one attached hydrogen (secondary N) is 2. The van der Waals surface area contributed by atoms with Crippen LogP contribution in [0.25, 0.3) is 0 Å². The van der Waals surface area contributed by atoms with Gasteiger partial charge < -0.3 is 15.5 Å². The van der Waals surface area contributed by atoms with Crippen LogP contribution < -0.4 is 15.5 Å². The van der Waals surface area contributed by atoms with Gasteiger partial charge in [-0.2, -0.15) is 0 Å². The Hall–Kier alpha value is -1.46. The normalized spacial score (nSPS) is 28.8.